The van der Waals surface area contributed by atoms with Crippen molar-refractivity contribution in [2.75, 3.05) is 13.2 Å². The van der Waals surface area contributed by atoms with Crippen molar-refractivity contribution >= 4 is 0 Å². The molecule has 2 aliphatic heterocycles. The van der Waals surface area contributed by atoms with Crippen LogP contribution < -0.4 is 0 Å². The zero-order valence-electron chi connectivity index (χ0n) is 16.6. The first-order chi connectivity index (χ1) is 14.2. The van der Waals surface area contributed by atoms with Crippen LogP contribution in [0.1, 0.15) is 24.0 Å². The van der Waals surface area contributed by atoms with Crippen LogP contribution >= 0.6 is 0 Å². The van der Waals surface area contributed by atoms with Crippen LogP contribution in [0.15, 0.2) is 84.9 Å². The number of morpholine rings is 1. The smallest absolute Gasteiger partial charge is 0.0934 e. The van der Waals surface area contributed by atoms with Crippen LogP contribution in [0.2, 0.25) is 0 Å². The predicted octanol–water partition coefficient (Wildman–Crippen LogP) is 4.60. The molecule has 3 nitrogen and oxygen atoms in total. The molecule has 2 unspecified atom stereocenters. The standard InChI is InChI=1S/C26H27NO2/c28-26(25-14-8-7-13-24(25)21-11-5-2-6-12-21)15-22-18-29-19-23(16-26)27(22)17-20-9-3-1-4-10-20/h1-14,22-23,28H,15-19H2. The van der Waals surface area contributed by atoms with E-state index < -0.39 is 5.60 Å². The molecule has 29 heavy (non-hydrogen) atoms. The Balaban J connectivity index is 1.47. The summed E-state index contributed by atoms with van der Waals surface area (Å²) in [6.07, 6.45) is 1.39. The summed E-state index contributed by atoms with van der Waals surface area (Å²) in [5.74, 6) is 0. The average molecular weight is 386 g/mol. The number of ether oxygens (including phenoxy) is 1. The molecule has 3 heteroatoms. The Morgan fingerprint density at radius 1 is 0.793 bits per heavy atom. The van der Waals surface area contributed by atoms with E-state index in [1.807, 2.05) is 12.1 Å². The van der Waals surface area contributed by atoms with E-state index in [1.54, 1.807) is 0 Å². The van der Waals surface area contributed by atoms with Gasteiger partial charge >= 0.3 is 0 Å². The van der Waals surface area contributed by atoms with Gasteiger partial charge in [-0.3, -0.25) is 4.90 Å². The molecular weight excluding hydrogens is 358 g/mol. The second-order valence-corrected chi connectivity index (χ2v) is 8.35. The summed E-state index contributed by atoms with van der Waals surface area (Å²) in [5.41, 5.74) is 3.82. The van der Waals surface area contributed by atoms with Gasteiger partial charge in [0.1, 0.15) is 0 Å². The van der Waals surface area contributed by atoms with Crippen LogP contribution in [-0.4, -0.2) is 35.3 Å². The monoisotopic (exact) mass is 385 g/mol. The first-order valence-electron chi connectivity index (χ1n) is 10.5. The molecule has 2 aliphatic rings. The first kappa shape index (κ1) is 18.6. The number of hydrogen-bond donors (Lipinski definition) is 1. The summed E-state index contributed by atoms with van der Waals surface area (Å²) in [7, 11) is 0. The van der Waals surface area contributed by atoms with Gasteiger partial charge in [-0.2, -0.15) is 0 Å². The van der Waals surface area contributed by atoms with E-state index in [1.165, 1.54) is 5.56 Å². The molecule has 2 saturated heterocycles. The second-order valence-electron chi connectivity index (χ2n) is 8.35. The van der Waals surface area contributed by atoms with Gasteiger partial charge < -0.3 is 9.84 Å². The van der Waals surface area contributed by atoms with Crippen molar-refractivity contribution in [3.05, 3.63) is 96.1 Å². The van der Waals surface area contributed by atoms with E-state index in [0.29, 0.717) is 26.1 Å². The Labute approximate surface area is 172 Å². The summed E-state index contributed by atoms with van der Waals surface area (Å²) < 4.78 is 5.90. The predicted molar refractivity (Wildman–Crippen MR) is 115 cm³/mol. The lowest BCUT2D eigenvalue weighted by molar-refractivity contribution is -0.149. The minimum atomic E-state index is -0.835. The summed E-state index contributed by atoms with van der Waals surface area (Å²) >= 11 is 0. The fraction of sp³-hybridized carbons (Fsp3) is 0.308. The number of rotatable bonds is 4. The molecule has 0 aromatic heterocycles. The van der Waals surface area contributed by atoms with Gasteiger partial charge in [0.25, 0.3) is 0 Å². The highest BCUT2D eigenvalue weighted by Gasteiger charge is 2.47. The molecule has 2 bridgehead atoms. The molecule has 3 aromatic carbocycles. The highest BCUT2D eigenvalue weighted by Crippen LogP contribution is 2.44. The number of benzene rings is 3. The van der Waals surface area contributed by atoms with Gasteiger partial charge in [0, 0.05) is 18.6 Å². The van der Waals surface area contributed by atoms with Crippen LogP contribution in [-0.2, 0) is 16.9 Å². The molecule has 2 atom stereocenters. The molecule has 0 saturated carbocycles. The van der Waals surface area contributed by atoms with Crippen LogP contribution in [0.4, 0.5) is 0 Å². The molecule has 3 aromatic rings. The summed E-state index contributed by atoms with van der Waals surface area (Å²) in [6, 6.07) is 29.8. The highest BCUT2D eigenvalue weighted by molar-refractivity contribution is 5.68. The maximum atomic E-state index is 11.9. The van der Waals surface area contributed by atoms with Crippen LogP contribution in [0.25, 0.3) is 11.1 Å². The highest BCUT2D eigenvalue weighted by atomic mass is 16.5. The Kier molecular flexibility index (Phi) is 4.96. The van der Waals surface area contributed by atoms with Crippen molar-refractivity contribution in [2.24, 2.45) is 0 Å². The van der Waals surface area contributed by atoms with Crippen molar-refractivity contribution in [1.29, 1.82) is 0 Å². The third kappa shape index (κ3) is 3.62. The Bertz CT molecular complexity index is 943. The molecular formula is C26H27NO2. The Morgan fingerprint density at radius 2 is 1.38 bits per heavy atom. The fourth-order valence-electron chi connectivity index (χ4n) is 5.08. The van der Waals surface area contributed by atoms with Gasteiger partial charge in [-0.15, -0.1) is 0 Å². The first-order valence-corrected chi connectivity index (χ1v) is 10.5. The van der Waals surface area contributed by atoms with Crippen molar-refractivity contribution < 1.29 is 9.84 Å². The number of hydrogen-bond acceptors (Lipinski definition) is 3. The minimum absolute atomic E-state index is 0.219. The Morgan fingerprint density at radius 3 is 2.07 bits per heavy atom. The van der Waals surface area contributed by atoms with Gasteiger partial charge in [0.05, 0.1) is 18.8 Å². The van der Waals surface area contributed by atoms with Crippen LogP contribution in [0, 0.1) is 0 Å². The van der Waals surface area contributed by atoms with Gasteiger partial charge in [-0.05, 0) is 35.1 Å². The Hall–Kier alpha value is -2.46. The lowest BCUT2D eigenvalue weighted by atomic mass is 9.74. The number of nitrogens with zero attached hydrogens (tertiary/aromatic N) is 1. The molecule has 0 amide bonds. The topological polar surface area (TPSA) is 32.7 Å². The van der Waals surface area contributed by atoms with Gasteiger partial charge in [0.15, 0.2) is 0 Å². The number of fused-ring (bicyclic) bond motifs is 2. The zero-order chi connectivity index (χ0) is 19.7. The summed E-state index contributed by atoms with van der Waals surface area (Å²) in [5, 5.41) is 11.9. The van der Waals surface area contributed by atoms with Gasteiger partial charge in [0.2, 0.25) is 0 Å². The van der Waals surface area contributed by atoms with E-state index in [-0.39, 0.29) is 12.1 Å². The van der Waals surface area contributed by atoms with Gasteiger partial charge in [-0.25, -0.2) is 0 Å². The molecule has 2 heterocycles. The molecule has 0 spiro atoms. The molecule has 0 aliphatic carbocycles. The van der Waals surface area contributed by atoms with Crippen LogP contribution in [0.3, 0.4) is 0 Å². The molecule has 0 radical (unpaired) electrons. The van der Waals surface area contributed by atoms with Crippen molar-refractivity contribution in [3.8, 4) is 11.1 Å². The van der Waals surface area contributed by atoms with E-state index in [0.717, 1.165) is 23.2 Å². The van der Waals surface area contributed by atoms with E-state index in [4.69, 9.17) is 4.74 Å². The van der Waals surface area contributed by atoms with Crippen LogP contribution in [0.5, 0.6) is 0 Å². The molecule has 2 fully saturated rings. The van der Waals surface area contributed by atoms with Gasteiger partial charge in [-0.1, -0.05) is 84.9 Å². The summed E-state index contributed by atoms with van der Waals surface area (Å²) in [6.45, 7) is 2.27. The number of aliphatic hydroxyl groups is 1. The minimum Gasteiger partial charge on any atom is -0.385 e. The quantitative estimate of drug-likeness (QED) is 0.712. The zero-order valence-corrected chi connectivity index (χ0v) is 16.6. The van der Waals surface area contributed by atoms with E-state index >= 15 is 0 Å². The van der Waals surface area contributed by atoms with Crippen molar-refractivity contribution in [1.82, 2.24) is 4.90 Å². The van der Waals surface area contributed by atoms with E-state index in [2.05, 4.69) is 77.7 Å². The molecule has 148 valence electrons. The lowest BCUT2D eigenvalue weighted by Crippen LogP contribution is -2.60. The summed E-state index contributed by atoms with van der Waals surface area (Å²) in [4.78, 5) is 2.54. The maximum Gasteiger partial charge on any atom is 0.0934 e. The molecule has 5 rings (SSSR count). The SMILES string of the molecule is OC1(c2ccccc2-c2ccccc2)CC2COCC(C1)N2Cc1ccccc1. The molecule has 1 N–H and O–H groups in total. The third-order valence-electron chi connectivity index (χ3n) is 6.43. The second kappa shape index (κ2) is 7.75. The maximum absolute atomic E-state index is 11.9. The normalized spacial score (nSPS) is 26.9. The van der Waals surface area contributed by atoms with Crippen molar-refractivity contribution in [2.45, 2.75) is 37.1 Å². The van der Waals surface area contributed by atoms with Crippen molar-refractivity contribution in [3.63, 3.8) is 0 Å². The third-order valence-corrected chi connectivity index (χ3v) is 6.43. The average Bonchev–Trinajstić information content (AvgIpc) is 2.76. The lowest BCUT2D eigenvalue weighted by Gasteiger charge is -2.52. The number of piperidine rings is 1. The fourth-order valence-corrected chi connectivity index (χ4v) is 5.08. The largest absolute Gasteiger partial charge is 0.385 e. The van der Waals surface area contributed by atoms with E-state index in [9.17, 15) is 5.11 Å².